The van der Waals surface area contributed by atoms with Gasteiger partial charge in [0.2, 0.25) is 0 Å². The van der Waals surface area contributed by atoms with Crippen molar-refractivity contribution in [3.05, 3.63) is 64.2 Å². The van der Waals surface area contributed by atoms with Gasteiger partial charge in [-0.3, -0.25) is 0 Å². The Bertz CT molecular complexity index is 767. The highest BCUT2D eigenvalue weighted by molar-refractivity contribution is 8.16. The third-order valence-electron chi connectivity index (χ3n) is 5.06. The van der Waals surface area contributed by atoms with Gasteiger partial charge in [0, 0.05) is 16.0 Å². The highest BCUT2D eigenvalue weighted by Gasteiger charge is 2.40. The van der Waals surface area contributed by atoms with Gasteiger partial charge in [0.25, 0.3) is 0 Å². The number of halogens is 1. The van der Waals surface area contributed by atoms with E-state index in [2.05, 4.69) is 6.26 Å². The number of aliphatic hydroxyl groups excluding tert-OH is 3. The Morgan fingerprint density at radius 1 is 1.07 bits per heavy atom. The highest BCUT2D eigenvalue weighted by Crippen LogP contribution is 2.48. The molecule has 0 bridgehead atoms. The number of aliphatic hydroxyl groups is 3. The third kappa shape index (κ3) is 4.61. The molecular formula is C21H27ClO4S. The highest BCUT2D eigenvalue weighted by atomic mass is 35.5. The normalized spacial score (nSPS) is 29.5. The Morgan fingerprint density at radius 3 is 2.44 bits per heavy atom. The van der Waals surface area contributed by atoms with E-state index < -0.39 is 29.2 Å². The molecule has 3 N–H and O–H groups in total. The van der Waals surface area contributed by atoms with Crippen LogP contribution in [-0.2, 0) is 6.42 Å². The van der Waals surface area contributed by atoms with E-state index in [1.165, 1.54) is 0 Å². The number of thiol groups is 1. The zero-order valence-corrected chi connectivity index (χ0v) is 17.2. The summed E-state index contributed by atoms with van der Waals surface area (Å²) in [5.74, 6) is 1.37. The van der Waals surface area contributed by atoms with Gasteiger partial charge in [-0.25, -0.2) is 10.9 Å². The van der Waals surface area contributed by atoms with Crippen molar-refractivity contribution >= 4 is 22.5 Å². The molecule has 1 aliphatic rings. The lowest BCUT2D eigenvalue weighted by atomic mass is 9.96. The second kappa shape index (κ2) is 8.84. The second-order valence-corrected chi connectivity index (χ2v) is 9.88. The third-order valence-corrected chi connectivity index (χ3v) is 7.93. The van der Waals surface area contributed by atoms with Crippen LogP contribution < -0.4 is 4.74 Å². The van der Waals surface area contributed by atoms with Crippen molar-refractivity contribution in [1.29, 1.82) is 0 Å². The Morgan fingerprint density at radius 2 is 1.78 bits per heavy atom. The quantitative estimate of drug-likeness (QED) is 0.572. The van der Waals surface area contributed by atoms with E-state index in [0.29, 0.717) is 23.8 Å². The molecule has 0 saturated carbocycles. The van der Waals surface area contributed by atoms with Crippen LogP contribution in [-0.4, -0.2) is 52.2 Å². The summed E-state index contributed by atoms with van der Waals surface area (Å²) in [4.78, 5) is 0. The predicted molar refractivity (Wildman–Crippen MR) is 112 cm³/mol. The van der Waals surface area contributed by atoms with Gasteiger partial charge in [0.1, 0.15) is 11.9 Å². The average molecular weight is 411 g/mol. The molecule has 0 spiro atoms. The fourth-order valence-electron chi connectivity index (χ4n) is 3.65. The summed E-state index contributed by atoms with van der Waals surface area (Å²) in [5, 5.41) is 31.0. The minimum Gasteiger partial charge on any atom is -0.494 e. The Kier molecular flexibility index (Phi) is 6.71. The van der Waals surface area contributed by atoms with E-state index >= 15 is 0 Å². The predicted octanol–water partition coefficient (Wildman–Crippen LogP) is 3.10. The van der Waals surface area contributed by atoms with Crippen molar-refractivity contribution in [2.24, 2.45) is 0 Å². The van der Waals surface area contributed by atoms with E-state index in [4.69, 9.17) is 16.3 Å². The second-order valence-electron chi connectivity index (χ2n) is 7.04. The van der Waals surface area contributed by atoms with Crippen molar-refractivity contribution in [2.75, 3.05) is 18.6 Å². The summed E-state index contributed by atoms with van der Waals surface area (Å²) < 4.78 is 5.48. The summed E-state index contributed by atoms with van der Waals surface area (Å²) in [6.45, 7) is 2.59. The van der Waals surface area contributed by atoms with Crippen molar-refractivity contribution < 1.29 is 20.1 Å². The van der Waals surface area contributed by atoms with E-state index in [-0.39, 0.29) is 5.25 Å². The van der Waals surface area contributed by atoms with Crippen LogP contribution in [0.2, 0.25) is 5.02 Å². The number of benzene rings is 2. The summed E-state index contributed by atoms with van der Waals surface area (Å²) in [6.07, 6.45) is -0.209. The van der Waals surface area contributed by atoms with Crippen LogP contribution in [0, 0.1) is 0 Å². The van der Waals surface area contributed by atoms with Crippen LogP contribution in [0.15, 0.2) is 42.5 Å². The molecule has 0 radical (unpaired) electrons. The number of hydrogen-bond donors (Lipinski definition) is 4. The molecule has 1 aliphatic heterocycles. The van der Waals surface area contributed by atoms with Crippen LogP contribution in [0.3, 0.4) is 0 Å². The standard InChI is InChI=1S/C21H27ClO4S/c1-3-26-16-7-4-13(5-8-16)10-15-11-14(6-9-17(15)22)21-20(25)19(24)18(23)12-27(21)2/h4-9,11,18-21,23-25,27H,3,10,12H2,1-2H3/t18?,19-,20-,21+/m1/s1. The number of rotatable bonds is 5. The molecule has 6 heteroatoms. The van der Waals surface area contributed by atoms with E-state index in [1.54, 1.807) is 0 Å². The monoisotopic (exact) mass is 410 g/mol. The molecule has 0 aliphatic carbocycles. The summed E-state index contributed by atoms with van der Waals surface area (Å²) in [7, 11) is -0.646. The first-order chi connectivity index (χ1) is 12.9. The molecular weight excluding hydrogens is 384 g/mol. The van der Waals surface area contributed by atoms with Crippen molar-refractivity contribution in [3.63, 3.8) is 0 Å². The van der Waals surface area contributed by atoms with E-state index in [1.807, 2.05) is 49.4 Å². The van der Waals surface area contributed by atoms with Crippen LogP contribution in [0.25, 0.3) is 0 Å². The molecule has 3 rings (SSSR count). The largest absolute Gasteiger partial charge is 0.494 e. The van der Waals surface area contributed by atoms with Crippen LogP contribution in [0.4, 0.5) is 0 Å². The first-order valence-corrected chi connectivity index (χ1v) is 11.6. The molecule has 1 fully saturated rings. The Balaban J connectivity index is 1.83. The smallest absolute Gasteiger partial charge is 0.119 e. The Hall–Kier alpha value is -1.24. The molecule has 4 nitrogen and oxygen atoms in total. The SMILES string of the molecule is CCOc1ccc(Cc2cc([C@H]3[C@H](O)[C@H](O)C(O)C[SH]3C)ccc2Cl)cc1. The van der Waals surface area contributed by atoms with Crippen LogP contribution in [0.5, 0.6) is 5.75 Å². The lowest BCUT2D eigenvalue weighted by Gasteiger charge is -2.42. The van der Waals surface area contributed by atoms with Gasteiger partial charge in [0.15, 0.2) is 0 Å². The summed E-state index contributed by atoms with van der Waals surface area (Å²) in [6, 6.07) is 13.7. The van der Waals surface area contributed by atoms with Crippen molar-refractivity contribution in [1.82, 2.24) is 0 Å². The molecule has 5 atom stereocenters. The maximum Gasteiger partial charge on any atom is 0.119 e. The Labute approximate surface area is 168 Å². The number of ether oxygens (including phenoxy) is 1. The lowest BCUT2D eigenvalue weighted by Crippen LogP contribution is -2.47. The van der Waals surface area contributed by atoms with Gasteiger partial charge in [-0.15, -0.1) is 0 Å². The van der Waals surface area contributed by atoms with Gasteiger partial charge < -0.3 is 20.1 Å². The molecule has 2 aromatic rings. The molecule has 27 heavy (non-hydrogen) atoms. The molecule has 1 saturated heterocycles. The fraction of sp³-hybridized carbons (Fsp3) is 0.429. The molecule has 2 unspecified atom stereocenters. The van der Waals surface area contributed by atoms with Gasteiger partial charge in [0.05, 0.1) is 18.8 Å². The van der Waals surface area contributed by atoms with Gasteiger partial charge >= 0.3 is 0 Å². The van der Waals surface area contributed by atoms with E-state index in [0.717, 1.165) is 22.4 Å². The molecule has 148 valence electrons. The summed E-state index contributed by atoms with van der Waals surface area (Å²) >= 11 is 6.42. The number of hydrogen-bond acceptors (Lipinski definition) is 4. The van der Waals surface area contributed by atoms with E-state index in [9.17, 15) is 15.3 Å². The first-order valence-electron chi connectivity index (χ1n) is 9.15. The van der Waals surface area contributed by atoms with Gasteiger partial charge in [-0.05, 0) is 54.5 Å². The van der Waals surface area contributed by atoms with Gasteiger partial charge in [-0.2, -0.15) is 0 Å². The molecule has 2 aromatic carbocycles. The molecule has 0 amide bonds. The van der Waals surface area contributed by atoms with Gasteiger partial charge in [-0.1, -0.05) is 35.9 Å². The zero-order valence-electron chi connectivity index (χ0n) is 15.5. The maximum atomic E-state index is 10.5. The zero-order chi connectivity index (χ0) is 19.6. The molecule has 0 aromatic heterocycles. The van der Waals surface area contributed by atoms with Crippen molar-refractivity contribution in [3.8, 4) is 5.75 Å². The minimum absolute atomic E-state index is 0.172. The first kappa shape index (κ1) is 20.5. The van der Waals surface area contributed by atoms with Crippen LogP contribution >= 0.6 is 22.5 Å². The lowest BCUT2D eigenvalue weighted by molar-refractivity contribution is -0.0561. The topological polar surface area (TPSA) is 69.9 Å². The maximum absolute atomic E-state index is 10.5. The fourth-order valence-corrected chi connectivity index (χ4v) is 6.23. The molecule has 1 heterocycles. The van der Waals surface area contributed by atoms with Crippen LogP contribution in [0.1, 0.15) is 28.9 Å². The summed E-state index contributed by atoms with van der Waals surface area (Å²) in [5.41, 5.74) is 3.07. The van der Waals surface area contributed by atoms with Crippen molar-refractivity contribution in [2.45, 2.75) is 36.9 Å². The average Bonchev–Trinajstić information content (AvgIpc) is 2.64. The minimum atomic E-state index is -1.11.